The lowest BCUT2D eigenvalue weighted by Gasteiger charge is -2.34. The molecular weight excluding hydrogens is 501 g/mol. The molecule has 0 aliphatic carbocycles. The largest absolute Gasteiger partial charge is 0.444 e. The molecule has 0 saturated carbocycles. The Labute approximate surface area is 196 Å². The standard InChI is InChI=1S/C20H37N5O2S.HI/c1-8-20(9-2,25-18(26)27-19(4,5)6)14-23-17(21-7)22-12-10-11-16-24-15(3)13-28-16;/h13H,8-12,14H2,1-7H3,(H,25,26)(H2,21,22,23);1H. The van der Waals surface area contributed by atoms with E-state index in [1.165, 1.54) is 5.01 Å². The van der Waals surface area contributed by atoms with Gasteiger partial charge in [0, 0.05) is 37.6 Å². The van der Waals surface area contributed by atoms with Crippen molar-refractivity contribution in [1.82, 2.24) is 20.9 Å². The number of carbonyl (C=O) groups excluding carboxylic acids is 1. The molecule has 0 unspecified atom stereocenters. The fourth-order valence-electron chi connectivity index (χ4n) is 2.68. The first-order valence-electron chi connectivity index (χ1n) is 9.99. The van der Waals surface area contributed by atoms with Crippen LogP contribution in [0.5, 0.6) is 0 Å². The summed E-state index contributed by atoms with van der Waals surface area (Å²) < 4.78 is 5.42. The zero-order chi connectivity index (χ0) is 21.2. The topological polar surface area (TPSA) is 87.6 Å². The van der Waals surface area contributed by atoms with Crippen LogP contribution in [0.15, 0.2) is 10.4 Å². The van der Waals surface area contributed by atoms with Crippen molar-refractivity contribution in [2.24, 2.45) is 4.99 Å². The number of alkyl carbamates (subject to hydrolysis) is 1. The van der Waals surface area contributed by atoms with Crippen LogP contribution >= 0.6 is 35.3 Å². The van der Waals surface area contributed by atoms with E-state index in [-0.39, 0.29) is 30.1 Å². The van der Waals surface area contributed by atoms with Crippen molar-refractivity contribution in [3.05, 3.63) is 16.1 Å². The second kappa shape index (κ2) is 13.3. The highest BCUT2D eigenvalue weighted by molar-refractivity contribution is 14.0. The van der Waals surface area contributed by atoms with Crippen molar-refractivity contribution >= 4 is 47.4 Å². The molecule has 1 aromatic heterocycles. The minimum Gasteiger partial charge on any atom is -0.444 e. The SMILES string of the molecule is CCC(CC)(CNC(=NC)NCCCc1nc(C)cs1)NC(=O)OC(C)(C)C.I. The first kappa shape index (κ1) is 27.9. The van der Waals surface area contributed by atoms with E-state index in [2.05, 4.69) is 45.2 Å². The zero-order valence-electron chi connectivity index (χ0n) is 18.8. The van der Waals surface area contributed by atoms with E-state index in [4.69, 9.17) is 4.74 Å². The molecule has 0 radical (unpaired) electrons. The van der Waals surface area contributed by atoms with Gasteiger partial charge < -0.3 is 20.7 Å². The summed E-state index contributed by atoms with van der Waals surface area (Å²) in [7, 11) is 1.75. The second-order valence-electron chi connectivity index (χ2n) is 7.95. The molecule has 7 nitrogen and oxygen atoms in total. The quantitative estimate of drug-likeness (QED) is 0.189. The van der Waals surface area contributed by atoms with Gasteiger partial charge in [-0.3, -0.25) is 4.99 Å². The number of aliphatic imine (C=N–C) groups is 1. The molecule has 0 saturated heterocycles. The third kappa shape index (κ3) is 11.0. The highest BCUT2D eigenvalue weighted by Crippen LogP contribution is 2.16. The molecule has 0 atom stereocenters. The van der Waals surface area contributed by atoms with Crippen molar-refractivity contribution in [3.63, 3.8) is 0 Å². The maximum absolute atomic E-state index is 12.2. The average Bonchev–Trinajstić information content (AvgIpc) is 3.03. The summed E-state index contributed by atoms with van der Waals surface area (Å²) in [6.07, 6.45) is 3.12. The third-order valence-electron chi connectivity index (χ3n) is 4.46. The molecule has 168 valence electrons. The van der Waals surface area contributed by atoms with Gasteiger partial charge in [-0.1, -0.05) is 13.8 Å². The molecule has 0 spiro atoms. The smallest absolute Gasteiger partial charge is 0.408 e. The van der Waals surface area contributed by atoms with Crippen LogP contribution in [0.2, 0.25) is 0 Å². The minimum atomic E-state index is -0.516. The number of guanidine groups is 1. The van der Waals surface area contributed by atoms with Gasteiger partial charge in [0.1, 0.15) is 5.60 Å². The van der Waals surface area contributed by atoms with Crippen LogP contribution in [0, 0.1) is 6.92 Å². The van der Waals surface area contributed by atoms with Crippen LogP contribution in [0.4, 0.5) is 4.79 Å². The van der Waals surface area contributed by atoms with Gasteiger partial charge in [0.25, 0.3) is 0 Å². The second-order valence-corrected chi connectivity index (χ2v) is 8.90. The van der Waals surface area contributed by atoms with E-state index >= 15 is 0 Å². The van der Waals surface area contributed by atoms with Gasteiger partial charge in [0.15, 0.2) is 5.96 Å². The van der Waals surface area contributed by atoms with Gasteiger partial charge >= 0.3 is 6.09 Å². The number of hydrogen-bond acceptors (Lipinski definition) is 5. The van der Waals surface area contributed by atoms with E-state index in [0.29, 0.717) is 6.54 Å². The van der Waals surface area contributed by atoms with Crippen molar-refractivity contribution in [2.75, 3.05) is 20.1 Å². The summed E-state index contributed by atoms with van der Waals surface area (Å²) in [6.45, 7) is 13.1. The summed E-state index contributed by atoms with van der Waals surface area (Å²) in [5, 5.41) is 13.0. The molecule has 3 N–H and O–H groups in total. The number of halogens is 1. The molecule has 1 amide bonds. The summed E-state index contributed by atoms with van der Waals surface area (Å²) in [4.78, 5) is 21.0. The van der Waals surface area contributed by atoms with Crippen LogP contribution in [0.25, 0.3) is 0 Å². The van der Waals surface area contributed by atoms with Crippen molar-refractivity contribution in [3.8, 4) is 0 Å². The van der Waals surface area contributed by atoms with Gasteiger partial charge in [0.2, 0.25) is 0 Å². The molecule has 0 fully saturated rings. The predicted molar refractivity (Wildman–Crippen MR) is 133 cm³/mol. The number of aryl methyl sites for hydroxylation is 2. The van der Waals surface area contributed by atoms with Crippen molar-refractivity contribution in [1.29, 1.82) is 0 Å². The predicted octanol–water partition coefficient (Wildman–Crippen LogP) is 4.25. The fraction of sp³-hybridized carbons (Fsp3) is 0.750. The highest BCUT2D eigenvalue weighted by atomic mass is 127. The Kier molecular flexibility index (Phi) is 12.7. The Bertz CT molecular complexity index is 639. The summed E-state index contributed by atoms with van der Waals surface area (Å²) in [5.74, 6) is 0.729. The Morgan fingerprint density at radius 1 is 1.24 bits per heavy atom. The lowest BCUT2D eigenvalue weighted by molar-refractivity contribution is 0.0448. The van der Waals surface area contributed by atoms with Gasteiger partial charge in [0.05, 0.1) is 10.5 Å². The van der Waals surface area contributed by atoms with Crippen LogP contribution in [0.1, 0.15) is 64.6 Å². The fourth-order valence-corrected chi connectivity index (χ4v) is 3.50. The molecule has 1 heterocycles. The number of hydrogen-bond donors (Lipinski definition) is 3. The van der Waals surface area contributed by atoms with Crippen LogP contribution < -0.4 is 16.0 Å². The van der Waals surface area contributed by atoms with E-state index in [1.54, 1.807) is 18.4 Å². The number of carbonyl (C=O) groups is 1. The molecule has 1 rings (SSSR count). The molecule has 0 aromatic carbocycles. The molecule has 29 heavy (non-hydrogen) atoms. The molecule has 9 heteroatoms. The summed E-state index contributed by atoms with van der Waals surface area (Å²) in [6, 6.07) is 0. The number of ether oxygens (including phenoxy) is 1. The first-order valence-corrected chi connectivity index (χ1v) is 10.9. The number of nitrogens with zero attached hydrogens (tertiary/aromatic N) is 2. The average molecular weight is 540 g/mol. The van der Waals surface area contributed by atoms with Gasteiger partial charge in [-0.15, -0.1) is 35.3 Å². The monoisotopic (exact) mass is 539 g/mol. The Balaban J connectivity index is 0.00000784. The number of nitrogens with one attached hydrogen (secondary N) is 3. The number of amides is 1. The molecule has 1 aromatic rings. The van der Waals surface area contributed by atoms with Crippen LogP contribution in [-0.2, 0) is 11.2 Å². The molecular formula is C20H38IN5O2S. The first-order chi connectivity index (χ1) is 13.1. The third-order valence-corrected chi connectivity index (χ3v) is 5.49. The van der Waals surface area contributed by atoms with E-state index in [0.717, 1.165) is 43.9 Å². The van der Waals surface area contributed by atoms with E-state index in [1.807, 2.05) is 27.7 Å². The summed E-state index contributed by atoms with van der Waals surface area (Å²) >= 11 is 1.71. The van der Waals surface area contributed by atoms with Gasteiger partial charge in [-0.2, -0.15) is 0 Å². The minimum absolute atomic E-state index is 0. The van der Waals surface area contributed by atoms with Gasteiger partial charge in [-0.25, -0.2) is 9.78 Å². The highest BCUT2D eigenvalue weighted by Gasteiger charge is 2.30. The number of thiazole rings is 1. The normalized spacial score (nSPS) is 12.2. The molecule has 0 aliphatic heterocycles. The van der Waals surface area contributed by atoms with Crippen molar-refractivity contribution in [2.45, 2.75) is 78.4 Å². The Hall–Kier alpha value is -1.10. The van der Waals surface area contributed by atoms with Gasteiger partial charge in [-0.05, 0) is 47.0 Å². The van der Waals surface area contributed by atoms with Crippen molar-refractivity contribution < 1.29 is 9.53 Å². The van der Waals surface area contributed by atoms with E-state index < -0.39 is 11.1 Å². The maximum atomic E-state index is 12.2. The van der Waals surface area contributed by atoms with Crippen LogP contribution in [-0.4, -0.2) is 48.3 Å². The zero-order valence-corrected chi connectivity index (χ0v) is 22.0. The lowest BCUT2D eigenvalue weighted by atomic mass is 9.93. The number of rotatable bonds is 9. The molecule has 0 bridgehead atoms. The Morgan fingerprint density at radius 3 is 2.38 bits per heavy atom. The van der Waals surface area contributed by atoms with Crippen LogP contribution in [0.3, 0.4) is 0 Å². The molecule has 0 aliphatic rings. The maximum Gasteiger partial charge on any atom is 0.408 e. The van der Waals surface area contributed by atoms with E-state index in [9.17, 15) is 4.79 Å². The summed E-state index contributed by atoms with van der Waals surface area (Å²) in [5.41, 5.74) is 0.176. The number of aromatic nitrogens is 1. The lowest BCUT2D eigenvalue weighted by Crippen LogP contribution is -2.57. The Morgan fingerprint density at radius 2 is 1.90 bits per heavy atom.